The highest BCUT2D eigenvalue weighted by Crippen LogP contribution is 2.32. The van der Waals surface area contributed by atoms with Gasteiger partial charge >= 0.3 is 24.3 Å². The Labute approximate surface area is 202 Å². The molecule has 0 saturated heterocycles. The lowest BCUT2D eigenvalue weighted by molar-refractivity contribution is -0.137. The van der Waals surface area contributed by atoms with Crippen LogP contribution in [0.1, 0.15) is 36.0 Å². The van der Waals surface area contributed by atoms with E-state index in [2.05, 4.69) is 6.58 Å². The summed E-state index contributed by atoms with van der Waals surface area (Å²) in [7, 11) is 0. The summed E-state index contributed by atoms with van der Waals surface area (Å²) < 4.78 is 95.1. The van der Waals surface area contributed by atoms with Crippen molar-refractivity contribution in [3.8, 4) is 23.0 Å². The molecule has 0 saturated carbocycles. The molecule has 0 aliphatic carbocycles. The Morgan fingerprint density at radius 2 is 1.28 bits per heavy atom. The Bertz CT molecular complexity index is 1050. The smallest absolute Gasteiger partial charge is 0.389 e. The van der Waals surface area contributed by atoms with E-state index >= 15 is 0 Å². The molecule has 2 aromatic rings. The fourth-order valence-electron chi connectivity index (χ4n) is 2.70. The molecule has 0 unspecified atom stereocenters. The maximum atomic E-state index is 12.7. The Morgan fingerprint density at radius 1 is 0.750 bits per heavy atom. The second-order valence-electron chi connectivity index (χ2n) is 7.26. The van der Waals surface area contributed by atoms with Crippen LogP contribution in [0, 0.1) is 0 Å². The van der Waals surface area contributed by atoms with Crippen LogP contribution >= 0.6 is 0 Å². The second-order valence-corrected chi connectivity index (χ2v) is 7.26. The average Bonchev–Trinajstić information content (AvgIpc) is 2.80. The summed E-state index contributed by atoms with van der Waals surface area (Å²) in [5.74, 6) is -2.09. The van der Waals surface area contributed by atoms with Crippen LogP contribution in [0.4, 0.5) is 26.3 Å². The lowest BCUT2D eigenvalue weighted by Gasteiger charge is -2.15. The minimum absolute atomic E-state index is 0.0546. The molecule has 0 bridgehead atoms. The summed E-state index contributed by atoms with van der Waals surface area (Å²) >= 11 is 0. The van der Waals surface area contributed by atoms with Gasteiger partial charge in [0.2, 0.25) is 0 Å². The van der Waals surface area contributed by atoms with Gasteiger partial charge in [-0.25, -0.2) is 9.59 Å². The first-order valence-corrected chi connectivity index (χ1v) is 10.6. The van der Waals surface area contributed by atoms with Gasteiger partial charge in [0.1, 0.15) is 0 Å². The number of carbonyl (C=O) groups is 2. The fraction of sp³-hybridized carbons (Fsp3) is 0.333. The molecule has 0 N–H and O–H groups in total. The highest BCUT2D eigenvalue weighted by atomic mass is 19.4. The van der Waals surface area contributed by atoms with Gasteiger partial charge in [0.25, 0.3) is 0 Å². The fourth-order valence-corrected chi connectivity index (χ4v) is 2.70. The summed E-state index contributed by atoms with van der Waals surface area (Å²) in [5, 5.41) is 0. The number of benzene rings is 2. The Hall–Kier alpha value is -3.70. The van der Waals surface area contributed by atoms with Gasteiger partial charge < -0.3 is 18.9 Å². The van der Waals surface area contributed by atoms with Crippen molar-refractivity contribution in [2.75, 3.05) is 13.2 Å². The predicted octanol–water partition coefficient (Wildman–Crippen LogP) is 6.44. The molecule has 2 aromatic carbocycles. The summed E-state index contributed by atoms with van der Waals surface area (Å²) in [6, 6.07) is 9.37. The minimum Gasteiger partial charge on any atom is -0.490 e. The van der Waals surface area contributed by atoms with Gasteiger partial charge in [0, 0.05) is 18.9 Å². The Morgan fingerprint density at radius 3 is 1.81 bits per heavy atom. The molecule has 12 heteroatoms. The van der Waals surface area contributed by atoms with Crippen LogP contribution in [0.15, 0.2) is 55.1 Å². The molecule has 0 amide bonds. The molecule has 36 heavy (non-hydrogen) atoms. The van der Waals surface area contributed by atoms with Crippen LogP contribution in [0.2, 0.25) is 0 Å². The number of alkyl halides is 6. The van der Waals surface area contributed by atoms with E-state index in [9.17, 15) is 35.9 Å². The van der Waals surface area contributed by atoms with Gasteiger partial charge in [-0.15, -0.1) is 0 Å². The number of halogens is 6. The summed E-state index contributed by atoms with van der Waals surface area (Å²) in [4.78, 5) is 24.1. The molecule has 0 aliphatic heterocycles. The van der Waals surface area contributed by atoms with Crippen LogP contribution in [0.25, 0.3) is 0 Å². The quantitative estimate of drug-likeness (QED) is 0.106. The number of esters is 2. The monoisotopic (exact) mass is 520 g/mol. The Balaban J connectivity index is 2.17. The van der Waals surface area contributed by atoms with Crippen molar-refractivity contribution < 1.29 is 54.9 Å². The van der Waals surface area contributed by atoms with Crippen molar-refractivity contribution in [1.29, 1.82) is 0 Å². The number of ether oxygens (including phenoxy) is 4. The average molecular weight is 520 g/mol. The van der Waals surface area contributed by atoms with E-state index in [1.165, 1.54) is 36.4 Å². The van der Waals surface area contributed by atoms with Crippen LogP contribution in [-0.4, -0.2) is 37.5 Å². The van der Waals surface area contributed by atoms with E-state index in [1.54, 1.807) is 0 Å². The van der Waals surface area contributed by atoms with Crippen molar-refractivity contribution in [3.05, 3.63) is 60.7 Å². The number of para-hydroxylation sites is 2. The molecule has 0 spiro atoms. The SMILES string of the molecule is C=CC(=O)Oc1ccccc1OC(=O)c1ccc(OCCCC(F)(F)F)c(OCCCC(F)(F)F)c1. The van der Waals surface area contributed by atoms with E-state index < -0.39 is 50.2 Å². The minimum atomic E-state index is -4.39. The maximum Gasteiger partial charge on any atom is 0.389 e. The summed E-state index contributed by atoms with van der Waals surface area (Å²) in [5.41, 5.74) is -0.103. The summed E-state index contributed by atoms with van der Waals surface area (Å²) in [6.07, 6.45) is -10.8. The third-order valence-electron chi connectivity index (χ3n) is 4.33. The van der Waals surface area contributed by atoms with E-state index in [1.807, 2.05) is 0 Å². The molecule has 0 radical (unpaired) electrons. The normalized spacial score (nSPS) is 11.5. The van der Waals surface area contributed by atoms with Crippen molar-refractivity contribution in [3.63, 3.8) is 0 Å². The zero-order chi connectivity index (χ0) is 26.8. The van der Waals surface area contributed by atoms with Crippen LogP contribution < -0.4 is 18.9 Å². The number of carbonyl (C=O) groups excluding carboxylic acids is 2. The molecule has 6 nitrogen and oxygen atoms in total. The van der Waals surface area contributed by atoms with Crippen LogP contribution in [-0.2, 0) is 4.79 Å². The van der Waals surface area contributed by atoms with Crippen molar-refractivity contribution in [1.82, 2.24) is 0 Å². The van der Waals surface area contributed by atoms with Crippen molar-refractivity contribution in [2.24, 2.45) is 0 Å². The first kappa shape index (κ1) is 28.5. The van der Waals surface area contributed by atoms with E-state index in [-0.39, 0.29) is 41.6 Å². The first-order chi connectivity index (χ1) is 16.9. The second kappa shape index (κ2) is 12.8. The molecular weight excluding hydrogens is 498 g/mol. The summed E-state index contributed by atoms with van der Waals surface area (Å²) in [6.45, 7) is 2.53. The standard InChI is InChI=1S/C24H22F6O6/c1-2-21(31)35-18-7-3-4-8-19(18)36-22(32)16-9-10-17(33-13-5-11-23(25,26)27)20(15-16)34-14-6-12-24(28,29)30/h2-4,7-10,15H,1,5-6,11-14H2. The number of rotatable bonds is 12. The van der Waals surface area contributed by atoms with Crippen LogP contribution in [0.3, 0.4) is 0 Å². The lowest BCUT2D eigenvalue weighted by atomic mass is 10.2. The zero-order valence-corrected chi connectivity index (χ0v) is 18.8. The molecule has 0 heterocycles. The topological polar surface area (TPSA) is 71.1 Å². The molecule has 0 aliphatic rings. The molecular formula is C24H22F6O6. The molecule has 0 atom stereocenters. The first-order valence-electron chi connectivity index (χ1n) is 10.6. The molecule has 196 valence electrons. The maximum absolute atomic E-state index is 12.7. The highest BCUT2D eigenvalue weighted by molar-refractivity contribution is 5.92. The van der Waals surface area contributed by atoms with Crippen molar-refractivity contribution in [2.45, 2.75) is 38.0 Å². The predicted molar refractivity (Wildman–Crippen MR) is 115 cm³/mol. The Kier molecular flexibility index (Phi) is 10.2. The molecule has 0 fully saturated rings. The number of hydrogen-bond acceptors (Lipinski definition) is 6. The van der Waals surface area contributed by atoms with Gasteiger partial charge in [-0.05, 0) is 43.2 Å². The van der Waals surface area contributed by atoms with Gasteiger partial charge in [0.15, 0.2) is 23.0 Å². The van der Waals surface area contributed by atoms with E-state index in [4.69, 9.17) is 18.9 Å². The van der Waals surface area contributed by atoms with E-state index in [0.29, 0.717) is 0 Å². The van der Waals surface area contributed by atoms with Gasteiger partial charge in [-0.2, -0.15) is 26.3 Å². The van der Waals surface area contributed by atoms with E-state index in [0.717, 1.165) is 12.1 Å². The third kappa shape index (κ3) is 10.3. The number of hydrogen-bond donors (Lipinski definition) is 0. The van der Waals surface area contributed by atoms with Crippen molar-refractivity contribution >= 4 is 11.9 Å². The van der Waals surface area contributed by atoms with Gasteiger partial charge in [-0.1, -0.05) is 18.7 Å². The third-order valence-corrected chi connectivity index (χ3v) is 4.33. The lowest BCUT2D eigenvalue weighted by Crippen LogP contribution is -2.13. The van der Waals surface area contributed by atoms with Crippen LogP contribution in [0.5, 0.6) is 23.0 Å². The molecule has 0 aromatic heterocycles. The largest absolute Gasteiger partial charge is 0.490 e. The van der Waals surface area contributed by atoms with Gasteiger partial charge in [0.05, 0.1) is 18.8 Å². The molecule has 2 rings (SSSR count). The zero-order valence-electron chi connectivity index (χ0n) is 18.8. The van der Waals surface area contributed by atoms with Gasteiger partial charge in [-0.3, -0.25) is 0 Å². The highest BCUT2D eigenvalue weighted by Gasteiger charge is 2.27.